The van der Waals surface area contributed by atoms with Gasteiger partial charge >= 0.3 is 17.9 Å². The lowest BCUT2D eigenvalue weighted by Crippen LogP contribution is -2.64. The number of rotatable bonds is 6. The van der Waals surface area contributed by atoms with E-state index in [-0.39, 0.29) is 46.0 Å². The average molecular weight is 571 g/mol. The molecule has 5 aliphatic rings. The Balaban J connectivity index is 1.46. The van der Waals surface area contributed by atoms with E-state index in [4.69, 9.17) is 4.74 Å². The summed E-state index contributed by atoms with van der Waals surface area (Å²) in [6.45, 7) is 21.6. The van der Waals surface area contributed by atoms with Crippen molar-refractivity contribution in [1.29, 1.82) is 0 Å². The lowest BCUT2D eigenvalue weighted by molar-refractivity contribution is -0.221. The Hall–Kier alpha value is -1.85. The highest BCUT2D eigenvalue weighted by molar-refractivity contribution is 5.81. The Bertz CT molecular complexity index is 1150. The van der Waals surface area contributed by atoms with Crippen LogP contribution in [0.5, 0.6) is 0 Å². The predicted molar refractivity (Wildman–Crippen MR) is 158 cm³/mol. The van der Waals surface area contributed by atoms with Crippen LogP contribution >= 0.6 is 0 Å². The molecule has 0 spiro atoms. The molecule has 0 radical (unpaired) electrons. The van der Waals surface area contributed by atoms with E-state index in [1.54, 1.807) is 13.8 Å². The second-order valence-electron chi connectivity index (χ2n) is 17.0. The Morgan fingerprint density at radius 2 is 1.54 bits per heavy atom. The Labute approximate surface area is 247 Å². The predicted octanol–water partition coefficient (Wildman–Crippen LogP) is 7.75. The summed E-state index contributed by atoms with van der Waals surface area (Å²) in [7, 11) is 0. The summed E-state index contributed by atoms with van der Waals surface area (Å²) in [5.41, 5.74) is -0.684. The van der Waals surface area contributed by atoms with Gasteiger partial charge in [-0.05, 0) is 124 Å². The number of carbonyl (C=O) groups excluding carboxylic acids is 1. The maximum atomic E-state index is 13.0. The minimum Gasteiger partial charge on any atom is -0.481 e. The van der Waals surface area contributed by atoms with Crippen molar-refractivity contribution in [3.05, 3.63) is 12.2 Å². The lowest BCUT2D eigenvalue weighted by Gasteiger charge is -2.70. The van der Waals surface area contributed by atoms with E-state index in [1.165, 1.54) is 0 Å². The van der Waals surface area contributed by atoms with Gasteiger partial charge in [-0.2, -0.15) is 0 Å². The van der Waals surface area contributed by atoms with Crippen LogP contribution < -0.4 is 0 Å². The van der Waals surface area contributed by atoms with Crippen LogP contribution in [0.4, 0.5) is 0 Å². The fourth-order valence-corrected chi connectivity index (χ4v) is 12.1. The molecule has 230 valence electrons. The van der Waals surface area contributed by atoms with Crippen molar-refractivity contribution < 1.29 is 29.3 Å². The first-order chi connectivity index (χ1) is 18.8. The molecule has 0 amide bonds. The first-order valence-electron chi connectivity index (χ1n) is 16.1. The van der Waals surface area contributed by atoms with Crippen LogP contribution in [0, 0.1) is 62.1 Å². The minimum atomic E-state index is -1.16. The van der Waals surface area contributed by atoms with E-state index in [0.29, 0.717) is 17.8 Å². The van der Waals surface area contributed by atoms with Crippen LogP contribution in [0.15, 0.2) is 12.2 Å². The molecule has 2 N–H and O–H groups in total. The van der Waals surface area contributed by atoms with Crippen LogP contribution in [0.1, 0.15) is 120 Å². The molecule has 41 heavy (non-hydrogen) atoms. The monoisotopic (exact) mass is 570 g/mol. The molecule has 0 saturated heterocycles. The fourth-order valence-electron chi connectivity index (χ4n) is 12.1. The number of fused-ring (bicyclic) bond motifs is 7. The number of carboxylic acid groups (broad SMARTS) is 2. The summed E-state index contributed by atoms with van der Waals surface area (Å²) >= 11 is 0. The molecule has 0 aromatic rings. The van der Waals surface area contributed by atoms with Crippen LogP contribution in [-0.2, 0) is 19.1 Å². The summed E-state index contributed by atoms with van der Waals surface area (Å²) in [6.07, 6.45) is 8.21. The molecule has 5 aliphatic carbocycles. The molecule has 10 atom stereocenters. The van der Waals surface area contributed by atoms with Gasteiger partial charge in [0, 0.05) is 5.41 Å². The smallest absolute Gasteiger partial charge is 0.309 e. The molecular formula is C35H54O6. The standard InChI is InChI=1S/C35H54O6/c1-20(2)21-12-15-35(29(39)40)17-16-33(8)22(27(21)35)10-11-24-32(7)18-25(41-26(36)19-30(3,4)28(37)38)31(5,6)23(32)13-14-34(24,33)9/h21-25,27H,1,10-19H2,2-9H3,(H,37,38)(H,39,40)/t21-,22?,23-,24+,25-,27?,32-,33+,34+,35-/m0/s1. The maximum Gasteiger partial charge on any atom is 0.309 e. The second-order valence-corrected chi connectivity index (χ2v) is 17.0. The van der Waals surface area contributed by atoms with Gasteiger partial charge in [-0.25, -0.2) is 0 Å². The molecule has 0 bridgehead atoms. The third kappa shape index (κ3) is 4.04. The first-order valence-corrected chi connectivity index (χ1v) is 16.1. The Morgan fingerprint density at radius 1 is 0.878 bits per heavy atom. The fraction of sp³-hybridized carbons (Fsp3) is 0.857. The van der Waals surface area contributed by atoms with Crippen LogP contribution in [0.2, 0.25) is 0 Å². The zero-order valence-corrected chi connectivity index (χ0v) is 26.8. The largest absolute Gasteiger partial charge is 0.481 e. The van der Waals surface area contributed by atoms with Gasteiger partial charge in [0.2, 0.25) is 0 Å². The number of hydrogen-bond donors (Lipinski definition) is 2. The summed E-state index contributed by atoms with van der Waals surface area (Å²) < 4.78 is 6.17. The molecule has 5 fully saturated rings. The number of carbonyl (C=O) groups is 3. The van der Waals surface area contributed by atoms with E-state index < -0.39 is 28.7 Å². The second kappa shape index (κ2) is 9.32. The van der Waals surface area contributed by atoms with Gasteiger partial charge in [0.15, 0.2) is 0 Å². The number of allylic oxidation sites excluding steroid dienone is 1. The molecule has 5 saturated carbocycles. The number of ether oxygens (including phenoxy) is 1. The molecule has 2 unspecified atom stereocenters. The molecule has 0 aromatic heterocycles. The zero-order chi connectivity index (χ0) is 30.6. The molecule has 0 aliphatic heterocycles. The van der Waals surface area contributed by atoms with Crippen LogP contribution in [0.25, 0.3) is 0 Å². The summed E-state index contributed by atoms with van der Waals surface area (Å²) in [5.74, 6) is -0.301. The topological polar surface area (TPSA) is 101 Å². The summed E-state index contributed by atoms with van der Waals surface area (Å²) in [4.78, 5) is 37.6. The van der Waals surface area contributed by atoms with Gasteiger partial charge < -0.3 is 14.9 Å². The zero-order valence-electron chi connectivity index (χ0n) is 26.8. The highest BCUT2D eigenvalue weighted by Crippen LogP contribution is 2.78. The average Bonchev–Trinajstić information content (AvgIpc) is 3.33. The van der Waals surface area contributed by atoms with Crippen molar-refractivity contribution in [2.75, 3.05) is 0 Å². The molecule has 0 heterocycles. The van der Waals surface area contributed by atoms with Gasteiger partial charge in [0.1, 0.15) is 6.10 Å². The Morgan fingerprint density at radius 3 is 2.12 bits per heavy atom. The van der Waals surface area contributed by atoms with E-state index in [9.17, 15) is 24.6 Å². The van der Waals surface area contributed by atoms with Gasteiger partial charge in [-0.3, -0.25) is 14.4 Å². The quantitative estimate of drug-likeness (QED) is 0.250. The van der Waals surface area contributed by atoms with E-state index in [1.807, 2.05) is 0 Å². The van der Waals surface area contributed by atoms with Gasteiger partial charge in [-0.15, -0.1) is 0 Å². The van der Waals surface area contributed by atoms with Gasteiger partial charge in [-0.1, -0.05) is 46.8 Å². The van der Waals surface area contributed by atoms with Crippen LogP contribution in [-0.4, -0.2) is 34.2 Å². The summed E-state index contributed by atoms with van der Waals surface area (Å²) in [6, 6.07) is 0. The molecule has 6 nitrogen and oxygen atoms in total. The first kappa shape index (κ1) is 30.6. The van der Waals surface area contributed by atoms with E-state index in [2.05, 4.69) is 48.1 Å². The van der Waals surface area contributed by atoms with Gasteiger partial charge in [0.25, 0.3) is 0 Å². The van der Waals surface area contributed by atoms with Crippen molar-refractivity contribution in [1.82, 2.24) is 0 Å². The van der Waals surface area contributed by atoms with Crippen molar-refractivity contribution in [3.8, 4) is 0 Å². The number of esters is 1. The SMILES string of the molecule is C=C(C)[C@@H]1CC[C@]2(C(=O)O)CC[C@]3(C)C(CC[C@@H]4[C@@]5(C)C[C@H](OC(=O)CC(C)(C)C(=O)O)C(C)(C)[C@@H]5CC[C@]43C)C12. The van der Waals surface area contributed by atoms with Crippen molar-refractivity contribution in [2.24, 2.45) is 62.1 Å². The number of aliphatic carboxylic acids is 2. The number of carboxylic acids is 2. The van der Waals surface area contributed by atoms with Crippen molar-refractivity contribution in [3.63, 3.8) is 0 Å². The number of hydrogen-bond acceptors (Lipinski definition) is 4. The normalized spacial score (nSPS) is 46.4. The van der Waals surface area contributed by atoms with Gasteiger partial charge in [0.05, 0.1) is 17.3 Å². The molecule has 5 rings (SSSR count). The highest BCUT2D eigenvalue weighted by Gasteiger charge is 2.73. The molecule has 6 heteroatoms. The Kier molecular flexibility index (Phi) is 6.96. The van der Waals surface area contributed by atoms with Crippen molar-refractivity contribution in [2.45, 2.75) is 126 Å². The highest BCUT2D eigenvalue weighted by atomic mass is 16.5. The third-order valence-corrected chi connectivity index (χ3v) is 14.6. The lowest BCUT2D eigenvalue weighted by atomic mass is 9.34. The molecule has 0 aromatic carbocycles. The third-order valence-electron chi connectivity index (χ3n) is 14.6. The van der Waals surface area contributed by atoms with E-state index >= 15 is 0 Å². The van der Waals surface area contributed by atoms with Crippen LogP contribution in [0.3, 0.4) is 0 Å². The summed E-state index contributed by atoms with van der Waals surface area (Å²) in [5, 5.41) is 20.1. The van der Waals surface area contributed by atoms with E-state index in [0.717, 1.165) is 63.4 Å². The maximum absolute atomic E-state index is 13.0. The molecular weight excluding hydrogens is 516 g/mol. The van der Waals surface area contributed by atoms with Crippen molar-refractivity contribution >= 4 is 17.9 Å². The minimum absolute atomic E-state index is 0.00249.